The molecule has 110 valence electrons. The van der Waals surface area contributed by atoms with Crippen molar-refractivity contribution in [1.29, 1.82) is 5.26 Å². The van der Waals surface area contributed by atoms with E-state index in [0.29, 0.717) is 5.56 Å². The minimum atomic E-state index is -1.23. The van der Waals surface area contributed by atoms with Gasteiger partial charge in [-0.05, 0) is 24.6 Å². The van der Waals surface area contributed by atoms with Gasteiger partial charge >= 0.3 is 5.97 Å². The third-order valence-corrected chi connectivity index (χ3v) is 3.01. The maximum atomic E-state index is 12.1. The van der Waals surface area contributed by atoms with Crippen LogP contribution in [0.25, 0.3) is 0 Å². The van der Waals surface area contributed by atoms with Crippen molar-refractivity contribution >= 4 is 11.9 Å². The maximum absolute atomic E-state index is 12.1. The first-order valence-electron chi connectivity index (χ1n) is 6.37. The van der Waals surface area contributed by atoms with Crippen LogP contribution in [0, 0.1) is 11.3 Å². The van der Waals surface area contributed by atoms with Crippen molar-refractivity contribution in [3.05, 3.63) is 59.2 Å². The number of benzene rings is 1. The zero-order valence-electron chi connectivity index (χ0n) is 11.6. The largest absolute Gasteiger partial charge is 0.477 e. The second-order valence-electron chi connectivity index (χ2n) is 4.52. The third kappa shape index (κ3) is 3.43. The molecule has 2 aromatic rings. The Balaban J connectivity index is 2.12. The van der Waals surface area contributed by atoms with Crippen LogP contribution in [0.4, 0.5) is 0 Å². The summed E-state index contributed by atoms with van der Waals surface area (Å²) in [5.41, 5.74) is 1.09. The van der Waals surface area contributed by atoms with Gasteiger partial charge in [-0.2, -0.15) is 5.26 Å². The molecule has 0 aliphatic carbocycles. The maximum Gasteiger partial charge on any atom is 0.354 e. The molecule has 0 unspecified atom stereocenters. The molecular formula is C15H12N4O3. The van der Waals surface area contributed by atoms with Crippen molar-refractivity contribution in [2.24, 2.45) is 0 Å². The Kier molecular flexibility index (Phi) is 4.44. The first kappa shape index (κ1) is 15.1. The number of carboxylic acid groups (broad SMARTS) is 1. The average molecular weight is 296 g/mol. The molecule has 7 nitrogen and oxygen atoms in total. The quantitative estimate of drug-likeness (QED) is 0.884. The van der Waals surface area contributed by atoms with Gasteiger partial charge in [-0.25, -0.2) is 14.8 Å². The van der Waals surface area contributed by atoms with Crippen LogP contribution in [-0.2, 0) is 0 Å². The summed E-state index contributed by atoms with van der Waals surface area (Å²) in [4.78, 5) is 30.2. The van der Waals surface area contributed by atoms with E-state index in [1.165, 1.54) is 0 Å². The molecule has 0 aliphatic rings. The van der Waals surface area contributed by atoms with E-state index in [9.17, 15) is 9.59 Å². The van der Waals surface area contributed by atoms with Crippen molar-refractivity contribution in [3.8, 4) is 6.07 Å². The first-order chi connectivity index (χ1) is 10.5. The van der Waals surface area contributed by atoms with Gasteiger partial charge in [-0.1, -0.05) is 12.1 Å². The summed E-state index contributed by atoms with van der Waals surface area (Å²) in [5.74, 6) is -1.72. The number of nitrogens with one attached hydrogen (secondary N) is 1. The van der Waals surface area contributed by atoms with Crippen LogP contribution in [0.2, 0.25) is 0 Å². The van der Waals surface area contributed by atoms with Crippen LogP contribution in [0.1, 0.15) is 45.1 Å². The number of hydrogen-bond acceptors (Lipinski definition) is 5. The molecule has 7 heteroatoms. The van der Waals surface area contributed by atoms with Crippen LogP contribution in [0.15, 0.2) is 36.7 Å². The molecule has 2 N–H and O–H groups in total. The molecule has 1 amide bonds. The van der Waals surface area contributed by atoms with E-state index in [0.717, 1.165) is 18.0 Å². The number of carboxylic acids is 1. The average Bonchev–Trinajstić information content (AvgIpc) is 2.54. The molecule has 0 aliphatic heterocycles. The van der Waals surface area contributed by atoms with Crippen molar-refractivity contribution in [3.63, 3.8) is 0 Å². The number of aromatic nitrogens is 2. The lowest BCUT2D eigenvalue weighted by Gasteiger charge is -2.14. The fourth-order valence-electron chi connectivity index (χ4n) is 1.80. The number of carbonyl (C=O) groups excluding carboxylic acids is 1. The van der Waals surface area contributed by atoms with Gasteiger partial charge in [0.1, 0.15) is 12.0 Å². The number of hydrogen-bond donors (Lipinski definition) is 2. The van der Waals surface area contributed by atoms with E-state index in [4.69, 9.17) is 10.4 Å². The van der Waals surface area contributed by atoms with Gasteiger partial charge in [0.25, 0.3) is 5.91 Å². The van der Waals surface area contributed by atoms with Crippen molar-refractivity contribution in [2.75, 3.05) is 0 Å². The van der Waals surface area contributed by atoms with Crippen LogP contribution >= 0.6 is 0 Å². The van der Waals surface area contributed by atoms with Gasteiger partial charge in [0, 0.05) is 6.07 Å². The third-order valence-electron chi connectivity index (χ3n) is 3.01. The summed E-state index contributed by atoms with van der Waals surface area (Å²) in [6, 6.07) is 9.62. The lowest BCUT2D eigenvalue weighted by Crippen LogP contribution is -2.27. The summed E-state index contributed by atoms with van der Waals surface area (Å²) in [6.07, 6.45) is 1.03. The number of nitriles is 1. The molecule has 0 bridgehead atoms. The lowest BCUT2D eigenvalue weighted by molar-refractivity contribution is 0.0690. The highest BCUT2D eigenvalue weighted by Gasteiger charge is 2.15. The highest BCUT2D eigenvalue weighted by Crippen LogP contribution is 2.13. The SMILES string of the molecule is C[C@H](NC(=O)c1cc(C(=O)O)ncn1)c1ccc(C#N)cc1. The second-order valence-corrected chi connectivity index (χ2v) is 4.52. The highest BCUT2D eigenvalue weighted by molar-refractivity contribution is 5.95. The molecule has 0 spiro atoms. The predicted molar refractivity (Wildman–Crippen MR) is 76.0 cm³/mol. The Hall–Kier alpha value is -3.27. The minimum absolute atomic E-state index is 0.0205. The molecule has 1 aromatic carbocycles. The summed E-state index contributed by atoms with van der Waals surface area (Å²) >= 11 is 0. The monoisotopic (exact) mass is 296 g/mol. The highest BCUT2D eigenvalue weighted by atomic mass is 16.4. The van der Waals surface area contributed by atoms with Crippen molar-refractivity contribution < 1.29 is 14.7 Å². The van der Waals surface area contributed by atoms with Gasteiger partial charge in [0.2, 0.25) is 0 Å². The number of aromatic carboxylic acids is 1. The molecule has 0 saturated carbocycles. The molecular weight excluding hydrogens is 284 g/mol. The van der Waals surface area contributed by atoms with Gasteiger partial charge in [0.05, 0.1) is 17.7 Å². The summed E-state index contributed by atoms with van der Waals surface area (Å²) in [5, 5.41) is 20.3. The molecule has 22 heavy (non-hydrogen) atoms. The van der Waals surface area contributed by atoms with E-state index in [1.807, 2.05) is 6.07 Å². The normalized spacial score (nSPS) is 11.3. The Bertz CT molecular complexity index is 750. The van der Waals surface area contributed by atoms with Gasteiger partial charge in [0.15, 0.2) is 5.69 Å². The summed E-state index contributed by atoms with van der Waals surface area (Å²) in [6.45, 7) is 1.78. The van der Waals surface area contributed by atoms with Gasteiger partial charge < -0.3 is 10.4 Å². The Labute approximate surface area is 126 Å². The molecule has 0 radical (unpaired) electrons. The zero-order valence-corrected chi connectivity index (χ0v) is 11.6. The summed E-state index contributed by atoms with van der Waals surface area (Å²) in [7, 11) is 0. The van der Waals surface area contributed by atoms with E-state index < -0.39 is 11.9 Å². The number of carbonyl (C=O) groups is 2. The summed E-state index contributed by atoms with van der Waals surface area (Å²) < 4.78 is 0. The molecule has 0 saturated heterocycles. The van der Waals surface area contributed by atoms with Gasteiger partial charge in [-0.3, -0.25) is 4.79 Å². The Morgan fingerprint density at radius 2 is 1.86 bits per heavy atom. The number of amides is 1. The molecule has 1 atom stereocenters. The van der Waals surface area contributed by atoms with E-state index in [1.54, 1.807) is 31.2 Å². The predicted octanol–water partition coefficient (Wildman–Crippen LogP) is 1.54. The van der Waals surface area contributed by atoms with Crippen LogP contribution in [0.3, 0.4) is 0 Å². The lowest BCUT2D eigenvalue weighted by atomic mass is 10.1. The first-order valence-corrected chi connectivity index (χ1v) is 6.37. The topological polar surface area (TPSA) is 116 Å². The fraction of sp³-hybridized carbons (Fsp3) is 0.133. The van der Waals surface area contributed by atoms with E-state index in [-0.39, 0.29) is 17.4 Å². The van der Waals surface area contributed by atoms with Crippen LogP contribution in [0.5, 0.6) is 0 Å². The van der Waals surface area contributed by atoms with Crippen molar-refractivity contribution in [1.82, 2.24) is 15.3 Å². The van der Waals surface area contributed by atoms with Gasteiger partial charge in [-0.15, -0.1) is 0 Å². The van der Waals surface area contributed by atoms with E-state index in [2.05, 4.69) is 15.3 Å². The van der Waals surface area contributed by atoms with Crippen LogP contribution < -0.4 is 5.32 Å². The molecule has 0 fully saturated rings. The zero-order chi connectivity index (χ0) is 16.1. The number of nitrogens with zero attached hydrogens (tertiary/aromatic N) is 3. The molecule has 1 heterocycles. The van der Waals surface area contributed by atoms with Crippen molar-refractivity contribution in [2.45, 2.75) is 13.0 Å². The Morgan fingerprint density at radius 3 is 2.45 bits per heavy atom. The molecule has 1 aromatic heterocycles. The molecule has 2 rings (SSSR count). The second kappa shape index (κ2) is 6.45. The Morgan fingerprint density at radius 1 is 1.23 bits per heavy atom. The van der Waals surface area contributed by atoms with E-state index >= 15 is 0 Å². The smallest absolute Gasteiger partial charge is 0.354 e. The number of rotatable bonds is 4. The minimum Gasteiger partial charge on any atom is -0.477 e. The standard InChI is InChI=1S/C15H12N4O3/c1-9(11-4-2-10(7-16)3-5-11)19-14(20)12-6-13(15(21)22)18-8-17-12/h2-6,8-9H,1H3,(H,19,20)(H,21,22)/t9-/m0/s1. The van der Waals surface area contributed by atoms with Crippen LogP contribution in [-0.4, -0.2) is 27.0 Å². The fourth-order valence-corrected chi connectivity index (χ4v) is 1.80.